The molecule has 0 fully saturated rings. The van der Waals surface area contributed by atoms with E-state index in [1.807, 2.05) is 0 Å². The molecule has 0 heterocycles. The van der Waals surface area contributed by atoms with E-state index in [4.69, 9.17) is 55.9 Å². The van der Waals surface area contributed by atoms with E-state index in [0.717, 1.165) is 0 Å². The van der Waals surface area contributed by atoms with Crippen LogP contribution in [0, 0.1) is 0 Å². The van der Waals surface area contributed by atoms with Crippen molar-refractivity contribution in [1.29, 1.82) is 0 Å². The maximum absolute atomic E-state index is 6.12. The van der Waals surface area contributed by atoms with Gasteiger partial charge in [0.1, 0.15) is 28.3 Å². The molecular weight excluding hydrogens is 354 g/mol. The molecule has 0 unspecified atom stereocenters. The Hall–Kier alpha value is -1.06. The molecule has 0 atom stereocenters. The molecule has 110 valence electrons. The van der Waals surface area contributed by atoms with E-state index in [-0.39, 0.29) is 11.1 Å². The van der Waals surface area contributed by atoms with Gasteiger partial charge < -0.3 is 9.47 Å². The summed E-state index contributed by atoms with van der Waals surface area (Å²) in [5, 5.41) is 1.08. The Morgan fingerprint density at radius 1 is 0.952 bits per heavy atom. The normalized spacial score (nSPS) is 10.1. The average molecular weight is 364 g/mol. The van der Waals surface area contributed by atoms with Gasteiger partial charge in [-0.05, 0) is 42.5 Å². The number of benzene rings is 2. The molecule has 2 rings (SSSR count). The lowest BCUT2D eigenvalue weighted by molar-refractivity contribution is 0.362. The molecule has 6 heteroatoms. The second kappa shape index (κ2) is 7.81. The smallest absolute Gasteiger partial charge is 0.138 e. The summed E-state index contributed by atoms with van der Waals surface area (Å²) in [4.78, 5) is 0. The molecule has 0 bridgehead atoms. The third kappa shape index (κ3) is 5.33. The standard InChI is InChI=1S/C15H10Cl4O2/c16-10-1-3-11(4-2-10)21-12-5-6-14(13(17)9-12)20-8-7-15(18)19/h1-7,9H,8H2. The molecule has 0 aliphatic carbocycles. The second-order valence-electron chi connectivity index (χ2n) is 3.95. The molecule has 21 heavy (non-hydrogen) atoms. The minimum Gasteiger partial charge on any atom is -0.488 e. The molecule has 0 radical (unpaired) electrons. The lowest BCUT2D eigenvalue weighted by Crippen LogP contribution is -1.94. The summed E-state index contributed by atoms with van der Waals surface area (Å²) in [5.74, 6) is 1.78. The van der Waals surface area contributed by atoms with Gasteiger partial charge in [0, 0.05) is 11.1 Å². The highest BCUT2D eigenvalue weighted by molar-refractivity contribution is 6.55. The molecule has 2 nitrogen and oxygen atoms in total. The number of ether oxygens (including phenoxy) is 2. The Morgan fingerprint density at radius 3 is 2.24 bits per heavy atom. The van der Waals surface area contributed by atoms with E-state index in [1.54, 1.807) is 42.5 Å². The lowest BCUT2D eigenvalue weighted by Gasteiger charge is -2.09. The molecule has 0 aromatic heterocycles. The Bertz CT molecular complexity index is 635. The van der Waals surface area contributed by atoms with Crippen LogP contribution in [0.5, 0.6) is 17.2 Å². The summed E-state index contributed by atoms with van der Waals surface area (Å²) in [6.45, 7) is 0.236. The zero-order chi connectivity index (χ0) is 15.2. The summed E-state index contributed by atoms with van der Waals surface area (Å²) < 4.78 is 11.2. The van der Waals surface area contributed by atoms with Crippen molar-refractivity contribution >= 4 is 46.4 Å². The fourth-order valence-corrected chi connectivity index (χ4v) is 1.97. The minimum absolute atomic E-state index is 0.147. The van der Waals surface area contributed by atoms with Crippen LogP contribution < -0.4 is 9.47 Å². The van der Waals surface area contributed by atoms with Crippen molar-refractivity contribution in [2.75, 3.05) is 6.61 Å². The predicted molar refractivity (Wildman–Crippen MR) is 88.3 cm³/mol. The number of hydrogen-bond acceptors (Lipinski definition) is 2. The molecule has 0 aliphatic heterocycles. The van der Waals surface area contributed by atoms with E-state index in [9.17, 15) is 0 Å². The molecule has 0 amide bonds. The zero-order valence-electron chi connectivity index (χ0n) is 10.7. The summed E-state index contributed by atoms with van der Waals surface area (Å²) in [7, 11) is 0. The number of rotatable bonds is 5. The van der Waals surface area contributed by atoms with Gasteiger partial charge in [-0.3, -0.25) is 0 Å². The van der Waals surface area contributed by atoms with Gasteiger partial charge in [-0.2, -0.15) is 0 Å². The summed E-state index contributed by atoms with van der Waals surface area (Å²) >= 11 is 22.9. The molecule has 0 saturated carbocycles. The highest BCUT2D eigenvalue weighted by Crippen LogP contribution is 2.31. The zero-order valence-corrected chi connectivity index (χ0v) is 13.7. The highest BCUT2D eigenvalue weighted by Gasteiger charge is 2.05. The Kier molecular flexibility index (Phi) is 6.07. The van der Waals surface area contributed by atoms with Crippen LogP contribution in [0.2, 0.25) is 10.0 Å². The summed E-state index contributed by atoms with van der Waals surface area (Å²) in [6, 6.07) is 12.2. The van der Waals surface area contributed by atoms with Gasteiger partial charge in [0.15, 0.2) is 0 Å². The van der Waals surface area contributed by atoms with Gasteiger partial charge in [0.05, 0.1) is 5.02 Å². The lowest BCUT2D eigenvalue weighted by atomic mass is 10.3. The predicted octanol–water partition coefficient (Wildman–Crippen LogP) is 6.48. The Labute approximate surface area is 142 Å². The molecular formula is C15H10Cl4O2. The molecule has 0 aliphatic rings. The summed E-state index contributed by atoms with van der Waals surface area (Å²) in [6.07, 6.45) is 1.53. The molecule has 0 saturated heterocycles. The van der Waals surface area contributed by atoms with Crippen LogP contribution in [0.3, 0.4) is 0 Å². The highest BCUT2D eigenvalue weighted by atomic mass is 35.5. The first-order valence-corrected chi connectivity index (χ1v) is 7.43. The van der Waals surface area contributed by atoms with Crippen LogP contribution >= 0.6 is 46.4 Å². The molecule has 2 aromatic carbocycles. The van der Waals surface area contributed by atoms with Gasteiger partial charge >= 0.3 is 0 Å². The quantitative estimate of drug-likeness (QED) is 0.604. The van der Waals surface area contributed by atoms with E-state index < -0.39 is 0 Å². The van der Waals surface area contributed by atoms with E-state index >= 15 is 0 Å². The average Bonchev–Trinajstić information content (AvgIpc) is 2.43. The summed E-state index contributed by atoms with van der Waals surface area (Å²) in [5.41, 5.74) is 0. The van der Waals surface area contributed by atoms with Crippen LogP contribution in [0.25, 0.3) is 0 Å². The van der Waals surface area contributed by atoms with Crippen LogP contribution in [-0.4, -0.2) is 6.61 Å². The molecule has 2 aromatic rings. The van der Waals surface area contributed by atoms with E-state index in [1.165, 1.54) is 6.08 Å². The first-order valence-electron chi connectivity index (χ1n) is 5.91. The second-order valence-corrected chi connectivity index (χ2v) is 5.80. The van der Waals surface area contributed by atoms with Crippen molar-refractivity contribution in [2.45, 2.75) is 0 Å². The number of hydrogen-bond donors (Lipinski definition) is 0. The van der Waals surface area contributed by atoms with Crippen molar-refractivity contribution in [3.63, 3.8) is 0 Å². The van der Waals surface area contributed by atoms with Gasteiger partial charge in [-0.1, -0.05) is 46.4 Å². The maximum Gasteiger partial charge on any atom is 0.138 e. The van der Waals surface area contributed by atoms with Gasteiger partial charge in [-0.15, -0.1) is 0 Å². The Morgan fingerprint density at radius 2 is 1.62 bits per heavy atom. The maximum atomic E-state index is 6.12. The van der Waals surface area contributed by atoms with Crippen molar-refractivity contribution in [3.05, 3.63) is 63.1 Å². The van der Waals surface area contributed by atoms with Crippen LogP contribution in [0.15, 0.2) is 53.0 Å². The van der Waals surface area contributed by atoms with Gasteiger partial charge in [-0.25, -0.2) is 0 Å². The van der Waals surface area contributed by atoms with E-state index in [0.29, 0.717) is 27.3 Å². The largest absolute Gasteiger partial charge is 0.488 e. The van der Waals surface area contributed by atoms with Gasteiger partial charge in [0.25, 0.3) is 0 Å². The first kappa shape index (κ1) is 16.3. The molecule has 0 spiro atoms. The third-order valence-electron chi connectivity index (χ3n) is 2.43. The van der Waals surface area contributed by atoms with E-state index in [2.05, 4.69) is 0 Å². The monoisotopic (exact) mass is 362 g/mol. The van der Waals surface area contributed by atoms with Crippen molar-refractivity contribution in [2.24, 2.45) is 0 Å². The third-order valence-corrected chi connectivity index (χ3v) is 3.29. The minimum atomic E-state index is 0.147. The SMILES string of the molecule is ClC(Cl)=CCOc1ccc(Oc2ccc(Cl)cc2)cc1Cl. The van der Waals surface area contributed by atoms with Gasteiger partial charge in [0.2, 0.25) is 0 Å². The fraction of sp³-hybridized carbons (Fsp3) is 0.0667. The fourth-order valence-electron chi connectivity index (χ4n) is 1.50. The van der Waals surface area contributed by atoms with Crippen LogP contribution in [0.1, 0.15) is 0 Å². The van der Waals surface area contributed by atoms with Crippen molar-refractivity contribution < 1.29 is 9.47 Å². The number of halogens is 4. The van der Waals surface area contributed by atoms with Crippen LogP contribution in [-0.2, 0) is 0 Å². The Balaban J connectivity index is 2.04. The van der Waals surface area contributed by atoms with Crippen molar-refractivity contribution in [1.82, 2.24) is 0 Å². The molecule has 0 N–H and O–H groups in total. The first-order chi connectivity index (χ1) is 10.0. The topological polar surface area (TPSA) is 18.5 Å². The van der Waals surface area contributed by atoms with Crippen LogP contribution in [0.4, 0.5) is 0 Å². The van der Waals surface area contributed by atoms with Crippen molar-refractivity contribution in [3.8, 4) is 17.2 Å².